The average Bonchev–Trinajstić information content (AvgIpc) is 2.70. The fourth-order valence-corrected chi connectivity index (χ4v) is 3.64. The van der Waals surface area contributed by atoms with Gasteiger partial charge in [0.2, 0.25) is 0 Å². The number of halogens is 1. The van der Waals surface area contributed by atoms with Gasteiger partial charge in [-0.15, -0.1) is 0 Å². The Balaban J connectivity index is 1.90. The zero-order valence-corrected chi connectivity index (χ0v) is 14.4. The number of carbonyl (C=O) groups excluding carboxylic acids is 1. The summed E-state index contributed by atoms with van der Waals surface area (Å²) in [4.78, 5) is 18.8. The Morgan fingerprint density at radius 2 is 2.04 bits per heavy atom. The highest BCUT2D eigenvalue weighted by atomic mass is 35.5. The van der Waals surface area contributed by atoms with Gasteiger partial charge in [0, 0.05) is 27.5 Å². The Hall–Kier alpha value is -1.78. The smallest absolute Gasteiger partial charge is 0.251 e. The second kappa shape index (κ2) is 7.20. The highest BCUT2D eigenvalue weighted by molar-refractivity contribution is 7.99. The third kappa shape index (κ3) is 3.59. The van der Waals surface area contributed by atoms with Crippen molar-refractivity contribution in [2.24, 2.45) is 4.99 Å². The lowest BCUT2D eigenvalue weighted by Crippen LogP contribution is -2.24. The number of aliphatic imine (C=N–C) groups is 1. The van der Waals surface area contributed by atoms with Crippen molar-refractivity contribution < 1.29 is 4.79 Å². The number of amides is 1. The Morgan fingerprint density at radius 1 is 1.22 bits per heavy atom. The molecule has 0 bridgehead atoms. The molecule has 5 heteroatoms. The summed E-state index contributed by atoms with van der Waals surface area (Å²) in [6, 6.07) is 13.5. The summed E-state index contributed by atoms with van der Waals surface area (Å²) in [5.41, 5.74) is 2.27. The molecule has 2 aromatic carbocycles. The summed E-state index contributed by atoms with van der Waals surface area (Å²) >= 11 is 7.97. The molecule has 0 fully saturated rings. The second-order valence-electron chi connectivity index (χ2n) is 5.29. The van der Waals surface area contributed by atoms with Crippen molar-refractivity contribution in [2.45, 2.75) is 29.6 Å². The number of rotatable bonds is 4. The first-order valence-electron chi connectivity index (χ1n) is 7.62. The van der Waals surface area contributed by atoms with Crippen LogP contribution in [-0.2, 0) is 0 Å². The van der Waals surface area contributed by atoms with E-state index in [2.05, 4.69) is 17.2 Å². The molecule has 1 aliphatic rings. The van der Waals surface area contributed by atoms with Gasteiger partial charge in [-0.05, 0) is 30.7 Å². The number of hydrogen-bond acceptors (Lipinski definition) is 3. The van der Waals surface area contributed by atoms with Gasteiger partial charge in [0.1, 0.15) is 5.17 Å². The number of nitrogens with zero attached hydrogens (tertiary/aromatic N) is 1. The van der Waals surface area contributed by atoms with E-state index >= 15 is 0 Å². The van der Waals surface area contributed by atoms with Gasteiger partial charge in [-0.3, -0.25) is 4.79 Å². The quantitative estimate of drug-likeness (QED) is 0.793. The van der Waals surface area contributed by atoms with Crippen molar-refractivity contribution in [2.75, 3.05) is 6.54 Å². The lowest BCUT2D eigenvalue weighted by molar-refractivity contribution is 0.0953. The van der Waals surface area contributed by atoms with Crippen LogP contribution in [0.15, 0.2) is 57.2 Å². The largest absolute Gasteiger partial charge is 0.352 e. The minimum Gasteiger partial charge on any atom is -0.352 e. The third-order valence-corrected chi connectivity index (χ3v) is 5.01. The Kier molecular flexibility index (Phi) is 5.03. The van der Waals surface area contributed by atoms with Crippen LogP contribution in [0, 0.1) is 0 Å². The molecule has 2 aromatic rings. The van der Waals surface area contributed by atoms with Crippen LogP contribution in [0.5, 0.6) is 0 Å². The van der Waals surface area contributed by atoms with Crippen molar-refractivity contribution in [3.8, 4) is 0 Å². The van der Waals surface area contributed by atoms with E-state index in [9.17, 15) is 4.79 Å². The molecule has 0 aromatic heterocycles. The highest BCUT2D eigenvalue weighted by Gasteiger charge is 2.17. The normalized spacial score (nSPS) is 12.7. The minimum absolute atomic E-state index is 0.0701. The van der Waals surface area contributed by atoms with Crippen LogP contribution in [0.25, 0.3) is 0 Å². The Bertz CT molecular complexity index is 773. The van der Waals surface area contributed by atoms with Crippen LogP contribution < -0.4 is 5.32 Å². The maximum Gasteiger partial charge on any atom is 0.251 e. The van der Waals surface area contributed by atoms with Crippen LogP contribution in [0.1, 0.15) is 35.7 Å². The summed E-state index contributed by atoms with van der Waals surface area (Å²) in [7, 11) is 0. The summed E-state index contributed by atoms with van der Waals surface area (Å²) in [5.74, 6) is -0.0701. The van der Waals surface area contributed by atoms with Crippen LogP contribution in [0.4, 0.5) is 5.69 Å². The topological polar surface area (TPSA) is 41.5 Å². The summed E-state index contributed by atoms with van der Waals surface area (Å²) in [6.07, 6.45) is 2.03. The monoisotopic (exact) mass is 344 g/mol. The van der Waals surface area contributed by atoms with E-state index in [0.29, 0.717) is 17.3 Å². The standard InChI is InChI=1S/C18H17ClN2OS/c1-2-3-10-20-18(22)12-8-9-16-14(11-12)21-17(19)13-6-4-5-7-15(13)23-16/h4-9,11H,2-3,10H2,1H3,(H,20,22). The van der Waals surface area contributed by atoms with E-state index in [1.807, 2.05) is 36.4 Å². The number of fused-ring (bicyclic) bond motifs is 2. The van der Waals surface area contributed by atoms with Crippen molar-refractivity contribution in [3.05, 3.63) is 53.6 Å². The van der Waals surface area contributed by atoms with Gasteiger partial charge in [-0.25, -0.2) is 4.99 Å². The van der Waals surface area contributed by atoms with Crippen LogP contribution in [0.3, 0.4) is 0 Å². The molecule has 1 aliphatic heterocycles. The number of hydrogen-bond donors (Lipinski definition) is 1. The molecule has 118 valence electrons. The molecule has 0 atom stereocenters. The molecule has 23 heavy (non-hydrogen) atoms. The van der Waals surface area contributed by atoms with E-state index < -0.39 is 0 Å². The van der Waals surface area contributed by atoms with Crippen molar-refractivity contribution in [1.82, 2.24) is 5.32 Å². The zero-order chi connectivity index (χ0) is 16.2. The first-order chi connectivity index (χ1) is 11.2. The number of benzene rings is 2. The van der Waals surface area contributed by atoms with Crippen molar-refractivity contribution in [1.29, 1.82) is 0 Å². The maximum absolute atomic E-state index is 12.2. The van der Waals surface area contributed by atoms with E-state index in [1.165, 1.54) is 0 Å². The number of nitrogens with one attached hydrogen (secondary N) is 1. The molecule has 0 spiro atoms. The Labute approximate surface area is 145 Å². The fraction of sp³-hybridized carbons (Fsp3) is 0.222. The third-order valence-electron chi connectivity index (χ3n) is 3.58. The fourth-order valence-electron chi connectivity index (χ4n) is 2.32. The maximum atomic E-state index is 12.2. The van der Waals surface area contributed by atoms with Gasteiger partial charge in [0.05, 0.1) is 5.69 Å². The Morgan fingerprint density at radius 3 is 2.87 bits per heavy atom. The zero-order valence-electron chi connectivity index (χ0n) is 12.8. The highest BCUT2D eigenvalue weighted by Crippen LogP contribution is 2.41. The van der Waals surface area contributed by atoms with Gasteiger partial charge in [-0.2, -0.15) is 0 Å². The minimum atomic E-state index is -0.0701. The average molecular weight is 345 g/mol. The molecule has 1 amide bonds. The van der Waals surface area contributed by atoms with Crippen molar-refractivity contribution >= 4 is 40.1 Å². The summed E-state index contributed by atoms with van der Waals surface area (Å²) in [6.45, 7) is 2.79. The van der Waals surface area contributed by atoms with E-state index in [0.717, 1.165) is 33.9 Å². The molecule has 1 heterocycles. The first kappa shape index (κ1) is 16.1. The van der Waals surface area contributed by atoms with E-state index in [-0.39, 0.29) is 5.91 Å². The van der Waals surface area contributed by atoms with Gasteiger partial charge in [0.25, 0.3) is 5.91 Å². The summed E-state index contributed by atoms with van der Waals surface area (Å²) in [5, 5.41) is 3.38. The summed E-state index contributed by atoms with van der Waals surface area (Å²) < 4.78 is 0. The predicted molar refractivity (Wildman–Crippen MR) is 96.3 cm³/mol. The molecule has 3 nitrogen and oxygen atoms in total. The van der Waals surface area contributed by atoms with Crippen LogP contribution in [0.2, 0.25) is 0 Å². The molecule has 0 saturated carbocycles. The molecule has 0 aliphatic carbocycles. The molecule has 0 radical (unpaired) electrons. The first-order valence-corrected chi connectivity index (χ1v) is 8.82. The lowest BCUT2D eigenvalue weighted by atomic mass is 10.2. The van der Waals surface area contributed by atoms with E-state index in [4.69, 9.17) is 11.6 Å². The predicted octanol–water partition coefficient (Wildman–Crippen LogP) is 5.00. The second-order valence-corrected chi connectivity index (χ2v) is 6.73. The molecular formula is C18H17ClN2OS. The van der Waals surface area contributed by atoms with Crippen LogP contribution in [-0.4, -0.2) is 17.6 Å². The SMILES string of the molecule is CCCCNC(=O)c1ccc2c(c1)N=C(Cl)c1ccccc1S2. The van der Waals surface area contributed by atoms with Gasteiger partial charge in [0.15, 0.2) is 0 Å². The molecule has 1 N–H and O–H groups in total. The molecule has 3 rings (SSSR count). The van der Waals surface area contributed by atoms with Gasteiger partial charge in [-0.1, -0.05) is 54.9 Å². The van der Waals surface area contributed by atoms with E-state index in [1.54, 1.807) is 17.8 Å². The number of carbonyl (C=O) groups is 1. The van der Waals surface area contributed by atoms with Gasteiger partial charge >= 0.3 is 0 Å². The molecule has 0 saturated heterocycles. The molecular weight excluding hydrogens is 328 g/mol. The lowest BCUT2D eigenvalue weighted by Gasteiger charge is -2.07. The van der Waals surface area contributed by atoms with Crippen LogP contribution >= 0.6 is 23.4 Å². The van der Waals surface area contributed by atoms with Crippen molar-refractivity contribution in [3.63, 3.8) is 0 Å². The number of unbranched alkanes of at least 4 members (excludes halogenated alkanes) is 1. The van der Waals surface area contributed by atoms with Gasteiger partial charge < -0.3 is 5.32 Å². The molecule has 0 unspecified atom stereocenters.